The maximum atomic E-state index is 12.2. The SMILES string of the molecule is Nc1cc(C(=O)c2cncnc2)nc2ccccc12. The zero-order valence-corrected chi connectivity index (χ0v) is 9.95. The first-order chi connectivity index (χ1) is 9.25. The molecule has 0 unspecified atom stereocenters. The number of hydrogen-bond acceptors (Lipinski definition) is 5. The van der Waals surface area contributed by atoms with E-state index < -0.39 is 0 Å². The van der Waals surface area contributed by atoms with E-state index >= 15 is 0 Å². The van der Waals surface area contributed by atoms with Crippen molar-refractivity contribution in [2.24, 2.45) is 0 Å². The molecule has 0 amide bonds. The Morgan fingerprint density at radius 3 is 2.63 bits per heavy atom. The number of para-hydroxylation sites is 1. The first-order valence-corrected chi connectivity index (χ1v) is 5.70. The minimum Gasteiger partial charge on any atom is -0.398 e. The van der Waals surface area contributed by atoms with Crippen LogP contribution in [0.3, 0.4) is 0 Å². The fraction of sp³-hybridized carbons (Fsp3) is 0. The molecule has 0 saturated carbocycles. The molecule has 1 aromatic carbocycles. The van der Waals surface area contributed by atoms with Crippen LogP contribution in [0.5, 0.6) is 0 Å². The quantitative estimate of drug-likeness (QED) is 0.702. The number of nitrogen functional groups attached to an aromatic ring is 1. The van der Waals surface area contributed by atoms with Gasteiger partial charge in [-0.1, -0.05) is 18.2 Å². The molecule has 5 nitrogen and oxygen atoms in total. The van der Waals surface area contributed by atoms with Crippen molar-refractivity contribution in [1.82, 2.24) is 15.0 Å². The van der Waals surface area contributed by atoms with Gasteiger partial charge < -0.3 is 5.73 Å². The summed E-state index contributed by atoms with van der Waals surface area (Å²) in [6, 6.07) is 9.01. The van der Waals surface area contributed by atoms with Crippen LogP contribution < -0.4 is 5.73 Å². The molecule has 0 aliphatic carbocycles. The van der Waals surface area contributed by atoms with Gasteiger partial charge in [-0.25, -0.2) is 15.0 Å². The highest BCUT2D eigenvalue weighted by Gasteiger charge is 2.13. The monoisotopic (exact) mass is 250 g/mol. The van der Waals surface area contributed by atoms with Gasteiger partial charge in [0.05, 0.1) is 11.1 Å². The van der Waals surface area contributed by atoms with Crippen LogP contribution in [-0.2, 0) is 0 Å². The van der Waals surface area contributed by atoms with Gasteiger partial charge in [0.1, 0.15) is 12.0 Å². The van der Waals surface area contributed by atoms with E-state index in [0.29, 0.717) is 22.5 Å². The molecule has 0 spiro atoms. The van der Waals surface area contributed by atoms with Crippen LogP contribution >= 0.6 is 0 Å². The summed E-state index contributed by atoms with van der Waals surface area (Å²) in [4.78, 5) is 24.2. The molecular weight excluding hydrogens is 240 g/mol. The number of carbonyl (C=O) groups is 1. The number of carbonyl (C=O) groups excluding carboxylic acids is 1. The zero-order valence-electron chi connectivity index (χ0n) is 9.95. The van der Waals surface area contributed by atoms with E-state index in [4.69, 9.17) is 5.73 Å². The van der Waals surface area contributed by atoms with Crippen LogP contribution in [0.25, 0.3) is 10.9 Å². The first-order valence-electron chi connectivity index (χ1n) is 5.70. The van der Waals surface area contributed by atoms with Crippen molar-refractivity contribution in [3.63, 3.8) is 0 Å². The Hall–Kier alpha value is -2.82. The number of nitrogens with two attached hydrogens (primary N) is 1. The van der Waals surface area contributed by atoms with Crippen LogP contribution in [0, 0.1) is 0 Å². The number of hydrogen-bond donors (Lipinski definition) is 1. The van der Waals surface area contributed by atoms with Gasteiger partial charge in [0.15, 0.2) is 0 Å². The summed E-state index contributed by atoms with van der Waals surface area (Å²) < 4.78 is 0. The minimum absolute atomic E-state index is 0.238. The second-order valence-corrected chi connectivity index (χ2v) is 4.07. The third kappa shape index (κ3) is 2.01. The molecule has 5 heteroatoms. The maximum Gasteiger partial charge on any atom is 0.214 e. The van der Waals surface area contributed by atoms with Gasteiger partial charge >= 0.3 is 0 Å². The Labute approximate surface area is 109 Å². The molecule has 3 aromatic rings. The predicted molar refractivity (Wildman–Crippen MR) is 71.6 cm³/mol. The van der Waals surface area contributed by atoms with E-state index in [1.165, 1.54) is 18.7 Å². The van der Waals surface area contributed by atoms with E-state index in [1.54, 1.807) is 6.07 Å². The lowest BCUT2D eigenvalue weighted by Gasteiger charge is -2.05. The largest absolute Gasteiger partial charge is 0.398 e. The molecule has 2 N–H and O–H groups in total. The number of ketones is 1. The second-order valence-electron chi connectivity index (χ2n) is 4.07. The number of fused-ring (bicyclic) bond motifs is 1. The highest BCUT2D eigenvalue weighted by Crippen LogP contribution is 2.21. The molecule has 0 bridgehead atoms. The van der Waals surface area contributed by atoms with Gasteiger partial charge in [0.25, 0.3) is 0 Å². The van der Waals surface area contributed by atoms with Crippen molar-refractivity contribution < 1.29 is 4.79 Å². The van der Waals surface area contributed by atoms with Gasteiger partial charge in [-0.3, -0.25) is 4.79 Å². The van der Waals surface area contributed by atoms with Crippen LogP contribution in [0.1, 0.15) is 16.1 Å². The van der Waals surface area contributed by atoms with Crippen LogP contribution in [0.2, 0.25) is 0 Å². The van der Waals surface area contributed by atoms with Gasteiger partial charge in [0, 0.05) is 23.5 Å². The van der Waals surface area contributed by atoms with Gasteiger partial charge in [-0.2, -0.15) is 0 Å². The standard InChI is InChI=1S/C14H10N4O/c15-11-5-13(14(19)9-6-16-8-17-7-9)18-12-4-2-1-3-10(11)12/h1-8H,(H2,15,18). The third-order valence-electron chi connectivity index (χ3n) is 2.80. The average molecular weight is 250 g/mol. The lowest BCUT2D eigenvalue weighted by Crippen LogP contribution is -2.06. The summed E-state index contributed by atoms with van der Waals surface area (Å²) in [6.07, 6.45) is 4.30. The van der Waals surface area contributed by atoms with E-state index in [-0.39, 0.29) is 5.78 Å². The predicted octanol–water partition coefficient (Wildman–Crippen LogP) is 1.84. The maximum absolute atomic E-state index is 12.2. The van der Waals surface area contributed by atoms with Gasteiger partial charge in [-0.15, -0.1) is 0 Å². The Balaban J connectivity index is 2.14. The van der Waals surface area contributed by atoms with Crippen molar-refractivity contribution in [1.29, 1.82) is 0 Å². The van der Waals surface area contributed by atoms with Crippen molar-refractivity contribution in [3.8, 4) is 0 Å². The zero-order chi connectivity index (χ0) is 13.2. The number of anilines is 1. The molecule has 0 saturated heterocycles. The molecular formula is C14H10N4O. The van der Waals surface area contributed by atoms with Crippen molar-refractivity contribution >= 4 is 22.4 Å². The molecule has 0 fully saturated rings. The highest BCUT2D eigenvalue weighted by atomic mass is 16.1. The molecule has 3 rings (SSSR count). The molecule has 19 heavy (non-hydrogen) atoms. The Kier molecular flexibility index (Phi) is 2.64. The Morgan fingerprint density at radius 2 is 1.84 bits per heavy atom. The van der Waals surface area contributed by atoms with Gasteiger partial charge in [-0.05, 0) is 12.1 Å². The number of nitrogens with zero attached hydrogens (tertiary/aromatic N) is 3. The van der Waals surface area contributed by atoms with E-state index in [2.05, 4.69) is 15.0 Å². The molecule has 0 aliphatic heterocycles. The first kappa shape index (κ1) is 11.3. The molecule has 92 valence electrons. The summed E-state index contributed by atoms with van der Waals surface area (Å²) in [7, 11) is 0. The average Bonchev–Trinajstić information content (AvgIpc) is 2.47. The Bertz CT molecular complexity index is 756. The Morgan fingerprint density at radius 1 is 1.11 bits per heavy atom. The number of aromatic nitrogens is 3. The van der Waals surface area contributed by atoms with Crippen molar-refractivity contribution in [2.45, 2.75) is 0 Å². The number of benzene rings is 1. The lowest BCUT2D eigenvalue weighted by molar-refractivity contribution is 0.103. The molecule has 2 heterocycles. The summed E-state index contributed by atoms with van der Waals surface area (Å²) in [6.45, 7) is 0. The lowest BCUT2D eigenvalue weighted by atomic mass is 10.1. The smallest absolute Gasteiger partial charge is 0.214 e. The van der Waals surface area contributed by atoms with Crippen molar-refractivity contribution in [2.75, 3.05) is 5.73 Å². The summed E-state index contributed by atoms with van der Waals surface area (Å²) in [5.41, 5.74) is 7.87. The fourth-order valence-corrected chi connectivity index (χ4v) is 1.88. The fourth-order valence-electron chi connectivity index (χ4n) is 1.88. The topological polar surface area (TPSA) is 81.8 Å². The highest BCUT2D eigenvalue weighted by molar-refractivity contribution is 6.09. The van der Waals surface area contributed by atoms with Crippen LogP contribution in [0.15, 0.2) is 49.1 Å². The molecule has 0 radical (unpaired) electrons. The normalized spacial score (nSPS) is 10.5. The molecule has 2 aromatic heterocycles. The number of pyridine rings is 1. The van der Waals surface area contributed by atoms with E-state index in [9.17, 15) is 4.79 Å². The summed E-state index contributed by atoms with van der Waals surface area (Å²) in [5, 5.41) is 0.836. The van der Waals surface area contributed by atoms with Crippen LogP contribution in [0.4, 0.5) is 5.69 Å². The van der Waals surface area contributed by atoms with Gasteiger partial charge in [0.2, 0.25) is 5.78 Å². The van der Waals surface area contributed by atoms with E-state index in [1.807, 2.05) is 24.3 Å². The summed E-state index contributed by atoms with van der Waals surface area (Å²) >= 11 is 0. The van der Waals surface area contributed by atoms with E-state index in [0.717, 1.165) is 5.39 Å². The third-order valence-corrected chi connectivity index (χ3v) is 2.80. The number of rotatable bonds is 2. The summed E-state index contributed by atoms with van der Waals surface area (Å²) in [5.74, 6) is -0.238. The van der Waals surface area contributed by atoms with Crippen LogP contribution in [-0.4, -0.2) is 20.7 Å². The molecule has 0 aliphatic rings. The van der Waals surface area contributed by atoms with Crippen molar-refractivity contribution in [3.05, 3.63) is 60.3 Å². The molecule has 0 atom stereocenters. The second kappa shape index (κ2) is 4.45. The minimum atomic E-state index is -0.238.